The highest BCUT2D eigenvalue weighted by molar-refractivity contribution is 7.89. The van der Waals surface area contributed by atoms with Gasteiger partial charge in [-0.05, 0) is 47.5 Å². The van der Waals surface area contributed by atoms with Gasteiger partial charge in [-0.3, -0.25) is 10.2 Å². The maximum absolute atomic E-state index is 12.4. The summed E-state index contributed by atoms with van der Waals surface area (Å²) in [7, 11) is -3.97. The highest BCUT2D eigenvalue weighted by atomic mass is 35.5. The Hall–Kier alpha value is -3.60. The number of rotatable bonds is 7. The van der Waals surface area contributed by atoms with Crippen LogP contribution in [0.1, 0.15) is 21.5 Å². The molecule has 0 radical (unpaired) electrons. The molecule has 0 fully saturated rings. The fraction of sp³-hybridized carbons (Fsp3) is 0.0909. The smallest absolute Gasteiger partial charge is 0.266 e. The molecule has 0 aliphatic heterocycles. The minimum atomic E-state index is -3.97. The van der Waals surface area contributed by atoms with Crippen LogP contribution in [0.4, 0.5) is 0 Å². The van der Waals surface area contributed by atoms with Gasteiger partial charge in [-0.1, -0.05) is 60.1 Å². The van der Waals surface area contributed by atoms with Crippen molar-refractivity contribution in [2.45, 2.75) is 18.4 Å². The molecule has 0 aliphatic carbocycles. The summed E-state index contributed by atoms with van der Waals surface area (Å²) in [6.07, 6.45) is 0. The number of carbonyl (C=O) groups excluding carboxylic acids is 1. The Bertz CT molecular complexity index is 1390. The van der Waals surface area contributed by atoms with E-state index in [2.05, 4.69) is 25.7 Å². The first-order chi connectivity index (χ1) is 15.8. The van der Waals surface area contributed by atoms with Crippen molar-refractivity contribution >= 4 is 27.5 Å². The van der Waals surface area contributed by atoms with Crippen molar-refractivity contribution in [2.24, 2.45) is 0 Å². The van der Waals surface area contributed by atoms with Gasteiger partial charge in [0.05, 0.1) is 11.4 Å². The van der Waals surface area contributed by atoms with E-state index in [9.17, 15) is 13.2 Å². The highest BCUT2D eigenvalue weighted by Gasteiger charge is 2.17. The second-order valence-corrected chi connectivity index (χ2v) is 9.27. The summed E-state index contributed by atoms with van der Waals surface area (Å²) in [5, 5.41) is 12.8. The van der Waals surface area contributed by atoms with E-state index in [0.29, 0.717) is 17.4 Å². The van der Waals surface area contributed by atoms with E-state index >= 15 is 0 Å². The minimum Gasteiger partial charge on any atom is -0.273 e. The summed E-state index contributed by atoms with van der Waals surface area (Å²) < 4.78 is 24.8. The van der Waals surface area contributed by atoms with Gasteiger partial charge >= 0.3 is 0 Å². The van der Waals surface area contributed by atoms with Gasteiger partial charge in [-0.2, -0.15) is 4.80 Å². The SMILES string of the molecule is Cc1ccc(S(=O)(=O)NNC(=O)c2ccc(Cn3nnc(-c4ccccc4)n3)cc2)cc1Cl. The van der Waals surface area contributed by atoms with E-state index in [1.807, 2.05) is 30.3 Å². The van der Waals surface area contributed by atoms with Crippen LogP contribution in [0.2, 0.25) is 5.02 Å². The van der Waals surface area contributed by atoms with Gasteiger partial charge in [0, 0.05) is 16.1 Å². The molecule has 4 rings (SSSR count). The lowest BCUT2D eigenvalue weighted by atomic mass is 10.1. The largest absolute Gasteiger partial charge is 0.273 e. The number of aryl methyl sites for hydroxylation is 1. The molecule has 4 aromatic rings. The summed E-state index contributed by atoms with van der Waals surface area (Å²) in [6, 6.07) is 20.4. The van der Waals surface area contributed by atoms with E-state index in [4.69, 9.17) is 11.6 Å². The number of nitrogens with one attached hydrogen (secondary N) is 2. The average molecular weight is 483 g/mol. The number of carbonyl (C=O) groups is 1. The van der Waals surface area contributed by atoms with Crippen LogP contribution in [0, 0.1) is 6.92 Å². The maximum Gasteiger partial charge on any atom is 0.266 e. The zero-order valence-electron chi connectivity index (χ0n) is 17.4. The molecule has 0 saturated heterocycles. The summed E-state index contributed by atoms with van der Waals surface area (Å²) in [5.74, 6) is -0.0812. The molecule has 168 valence electrons. The summed E-state index contributed by atoms with van der Waals surface area (Å²) in [5.41, 5.74) is 4.94. The van der Waals surface area contributed by atoms with E-state index < -0.39 is 15.9 Å². The molecular weight excluding hydrogens is 464 g/mol. The Morgan fingerprint density at radius 1 is 1.03 bits per heavy atom. The van der Waals surface area contributed by atoms with Crippen LogP contribution in [0.25, 0.3) is 11.4 Å². The van der Waals surface area contributed by atoms with Crippen LogP contribution < -0.4 is 10.3 Å². The molecule has 0 aliphatic rings. The molecule has 0 saturated carbocycles. The normalized spacial score (nSPS) is 11.3. The Morgan fingerprint density at radius 3 is 2.45 bits per heavy atom. The second-order valence-electron chi connectivity index (χ2n) is 7.18. The van der Waals surface area contributed by atoms with Gasteiger partial charge in [-0.25, -0.2) is 8.42 Å². The molecule has 1 heterocycles. The van der Waals surface area contributed by atoms with Crippen molar-refractivity contribution in [1.29, 1.82) is 0 Å². The molecule has 0 spiro atoms. The number of hydrogen-bond donors (Lipinski definition) is 2. The van der Waals surface area contributed by atoms with Crippen LogP contribution in [-0.4, -0.2) is 34.5 Å². The Morgan fingerprint density at radius 2 is 1.76 bits per heavy atom. The van der Waals surface area contributed by atoms with Gasteiger partial charge in [0.25, 0.3) is 15.9 Å². The van der Waals surface area contributed by atoms with Crippen LogP contribution >= 0.6 is 11.6 Å². The lowest BCUT2D eigenvalue weighted by molar-refractivity contribution is 0.0945. The van der Waals surface area contributed by atoms with Crippen LogP contribution in [0.5, 0.6) is 0 Å². The average Bonchev–Trinajstić information content (AvgIpc) is 3.29. The number of halogens is 1. The first kappa shape index (κ1) is 22.6. The van der Waals surface area contributed by atoms with Crippen molar-refractivity contribution < 1.29 is 13.2 Å². The van der Waals surface area contributed by atoms with Gasteiger partial charge < -0.3 is 0 Å². The van der Waals surface area contributed by atoms with Crippen molar-refractivity contribution in [3.63, 3.8) is 0 Å². The number of sulfonamides is 1. The zero-order valence-corrected chi connectivity index (χ0v) is 19.0. The first-order valence-corrected chi connectivity index (χ1v) is 11.7. The number of amides is 1. The fourth-order valence-electron chi connectivity index (χ4n) is 2.92. The standard InChI is InChI=1S/C22H19ClN6O3S/c1-15-7-12-19(13-20(15)23)33(31,32)28-25-22(30)18-10-8-16(9-11-18)14-29-26-21(24-27-29)17-5-3-2-4-6-17/h2-13,28H,14H2,1H3,(H,25,30). The molecule has 0 unspecified atom stereocenters. The predicted molar refractivity (Wildman–Crippen MR) is 123 cm³/mol. The third kappa shape index (κ3) is 5.43. The van der Waals surface area contributed by atoms with Crippen molar-refractivity contribution in [2.75, 3.05) is 0 Å². The topological polar surface area (TPSA) is 119 Å². The molecule has 33 heavy (non-hydrogen) atoms. The number of tetrazole rings is 1. The van der Waals surface area contributed by atoms with Crippen molar-refractivity contribution in [1.82, 2.24) is 30.5 Å². The lowest BCUT2D eigenvalue weighted by Gasteiger charge is -2.10. The quantitative estimate of drug-likeness (QED) is 0.391. The predicted octanol–water partition coefficient (Wildman–Crippen LogP) is 2.97. The molecule has 9 nitrogen and oxygen atoms in total. The molecule has 1 amide bonds. The van der Waals surface area contributed by atoms with Crippen molar-refractivity contribution in [3.05, 3.63) is 94.5 Å². The number of hydrogen-bond acceptors (Lipinski definition) is 6. The Balaban J connectivity index is 1.37. The first-order valence-electron chi connectivity index (χ1n) is 9.82. The lowest BCUT2D eigenvalue weighted by Crippen LogP contribution is -2.41. The van der Waals surface area contributed by atoms with Crippen LogP contribution in [0.3, 0.4) is 0 Å². The molecular formula is C22H19ClN6O3S. The number of nitrogens with zero attached hydrogens (tertiary/aromatic N) is 4. The number of hydrazine groups is 1. The summed E-state index contributed by atoms with van der Waals surface area (Å²) >= 11 is 5.99. The Labute approximate surface area is 195 Å². The number of aromatic nitrogens is 4. The fourth-order valence-corrected chi connectivity index (χ4v) is 4.03. The van der Waals surface area contributed by atoms with Crippen molar-refractivity contribution in [3.8, 4) is 11.4 Å². The third-order valence-electron chi connectivity index (χ3n) is 4.78. The Kier molecular flexibility index (Phi) is 6.50. The van der Waals surface area contributed by atoms with Gasteiger partial charge in [0.1, 0.15) is 0 Å². The van der Waals surface area contributed by atoms with Crippen LogP contribution in [0.15, 0.2) is 77.7 Å². The van der Waals surface area contributed by atoms with Gasteiger partial charge in [0.2, 0.25) is 5.82 Å². The molecule has 0 atom stereocenters. The zero-order chi connectivity index (χ0) is 23.4. The molecule has 3 aromatic carbocycles. The van der Waals surface area contributed by atoms with E-state index in [0.717, 1.165) is 16.7 Å². The van der Waals surface area contributed by atoms with E-state index in [-0.39, 0.29) is 10.5 Å². The highest BCUT2D eigenvalue weighted by Crippen LogP contribution is 2.19. The minimum absolute atomic E-state index is 0.0519. The molecule has 1 aromatic heterocycles. The summed E-state index contributed by atoms with van der Waals surface area (Å²) in [6.45, 7) is 2.13. The third-order valence-corrected chi connectivity index (χ3v) is 6.43. The summed E-state index contributed by atoms with van der Waals surface area (Å²) in [4.78, 5) is 15.8. The maximum atomic E-state index is 12.4. The van der Waals surface area contributed by atoms with Gasteiger partial charge in [-0.15, -0.1) is 15.0 Å². The van der Waals surface area contributed by atoms with Crippen LogP contribution in [-0.2, 0) is 16.6 Å². The van der Waals surface area contributed by atoms with E-state index in [1.165, 1.54) is 16.9 Å². The molecule has 0 bridgehead atoms. The second kappa shape index (κ2) is 9.49. The monoisotopic (exact) mass is 482 g/mol. The molecule has 2 N–H and O–H groups in total. The van der Waals surface area contributed by atoms with E-state index in [1.54, 1.807) is 37.3 Å². The number of benzene rings is 3. The molecule has 11 heteroatoms. The van der Waals surface area contributed by atoms with Gasteiger partial charge in [0.15, 0.2) is 0 Å².